The maximum Gasteiger partial charge on any atom is 0.252 e. The third-order valence-corrected chi connectivity index (χ3v) is 1.04. The highest BCUT2D eigenvalue weighted by atomic mass is 16.1. The van der Waals surface area contributed by atoms with Gasteiger partial charge < -0.3 is 16.5 Å². The first kappa shape index (κ1) is 5.68. The van der Waals surface area contributed by atoms with Crippen molar-refractivity contribution in [2.24, 2.45) is 5.73 Å². The number of hydrogen-bond donors (Lipinski definition) is 3. The van der Waals surface area contributed by atoms with Crippen molar-refractivity contribution in [3.8, 4) is 0 Å². The number of nitrogens with two attached hydrogens (primary N) is 2. The minimum absolute atomic E-state index is 0.343. The lowest BCUT2D eigenvalue weighted by molar-refractivity contribution is 0.100. The van der Waals surface area contributed by atoms with Gasteiger partial charge in [-0.15, -0.1) is 0 Å². The SMILES string of the molecule is NC(=O)c1c[nH]cc1N. The molecule has 4 heteroatoms. The molecule has 0 aliphatic rings. The monoisotopic (exact) mass is 125 g/mol. The van der Waals surface area contributed by atoms with Gasteiger partial charge in [0.2, 0.25) is 0 Å². The van der Waals surface area contributed by atoms with Gasteiger partial charge in [0.05, 0.1) is 11.3 Å². The van der Waals surface area contributed by atoms with E-state index in [-0.39, 0.29) is 0 Å². The van der Waals surface area contributed by atoms with Crippen LogP contribution in [0.15, 0.2) is 12.4 Å². The maximum absolute atomic E-state index is 10.4. The Labute approximate surface area is 51.8 Å². The van der Waals surface area contributed by atoms with Crippen LogP contribution in [0.4, 0.5) is 5.69 Å². The van der Waals surface area contributed by atoms with Crippen molar-refractivity contribution in [3.63, 3.8) is 0 Å². The van der Waals surface area contributed by atoms with E-state index in [1.54, 1.807) is 0 Å². The van der Waals surface area contributed by atoms with Crippen LogP contribution in [0, 0.1) is 0 Å². The highest BCUT2D eigenvalue weighted by Crippen LogP contribution is 2.06. The van der Waals surface area contributed by atoms with Crippen LogP contribution in [-0.2, 0) is 0 Å². The van der Waals surface area contributed by atoms with E-state index < -0.39 is 5.91 Å². The molecule has 0 bridgehead atoms. The molecule has 4 nitrogen and oxygen atoms in total. The lowest BCUT2D eigenvalue weighted by Gasteiger charge is -1.87. The van der Waals surface area contributed by atoms with Crippen LogP contribution in [0.2, 0.25) is 0 Å². The Balaban J connectivity index is 3.08. The summed E-state index contributed by atoms with van der Waals surface area (Å²) in [5.74, 6) is -0.506. The summed E-state index contributed by atoms with van der Waals surface area (Å²) in [6.07, 6.45) is 2.98. The van der Waals surface area contributed by atoms with Gasteiger partial charge >= 0.3 is 0 Å². The number of amides is 1. The number of primary amides is 1. The number of aromatic amines is 1. The first-order valence-corrected chi connectivity index (χ1v) is 2.44. The summed E-state index contributed by atoms with van der Waals surface area (Å²) in [4.78, 5) is 13.1. The zero-order chi connectivity index (χ0) is 6.85. The topological polar surface area (TPSA) is 84.9 Å². The second kappa shape index (κ2) is 1.81. The van der Waals surface area contributed by atoms with Crippen LogP contribution in [0.3, 0.4) is 0 Å². The van der Waals surface area contributed by atoms with Gasteiger partial charge in [-0.1, -0.05) is 0 Å². The fourth-order valence-corrected chi connectivity index (χ4v) is 0.589. The van der Waals surface area contributed by atoms with Crippen molar-refractivity contribution in [1.82, 2.24) is 4.98 Å². The van der Waals surface area contributed by atoms with Crippen LogP contribution in [0.25, 0.3) is 0 Å². The summed E-state index contributed by atoms with van der Waals surface area (Å²) >= 11 is 0. The number of nitrogens with one attached hydrogen (secondary N) is 1. The quantitative estimate of drug-likeness (QED) is 0.481. The molecule has 1 heterocycles. The average molecular weight is 125 g/mol. The third-order valence-electron chi connectivity index (χ3n) is 1.04. The minimum Gasteiger partial charge on any atom is -0.397 e. The van der Waals surface area contributed by atoms with Crippen LogP contribution in [0.5, 0.6) is 0 Å². The van der Waals surface area contributed by atoms with E-state index in [2.05, 4.69) is 4.98 Å². The molecule has 0 aliphatic heterocycles. The Morgan fingerprint density at radius 3 is 2.44 bits per heavy atom. The smallest absolute Gasteiger partial charge is 0.252 e. The predicted octanol–water partition coefficient (Wildman–Crippen LogP) is -0.304. The molecule has 0 aromatic carbocycles. The minimum atomic E-state index is -0.506. The van der Waals surface area contributed by atoms with Crippen molar-refractivity contribution < 1.29 is 4.79 Å². The zero-order valence-corrected chi connectivity index (χ0v) is 4.72. The van der Waals surface area contributed by atoms with Gasteiger partial charge in [-0.2, -0.15) is 0 Å². The molecule has 1 rings (SSSR count). The molecule has 48 valence electrons. The molecule has 0 aliphatic carbocycles. The van der Waals surface area contributed by atoms with Crippen molar-refractivity contribution in [2.45, 2.75) is 0 Å². The Kier molecular flexibility index (Phi) is 1.14. The molecule has 9 heavy (non-hydrogen) atoms. The largest absolute Gasteiger partial charge is 0.397 e. The van der Waals surface area contributed by atoms with Gasteiger partial charge in [0.15, 0.2) is 0 Å². The Hall–Kier alpha value is -1.45. The van der Waals surface area contributed by atoms with Gasteiger partial charge in [0.25, 0.3) is 5.91 Å². The van der Waals surface area contributed by atoms with E-state index in [1.165, 1.54) is 12.4 Å². The lowest BCUT2D eigenvalue weighted by Crippen LogP contribution is -2.11. The summed E-state index contributed by atoms with van der Waals surface area (Å²) < 4.78 is 0. The molecule has 5 N–H and O–H groups in total. The van der Waals surface area contributed by atoms with Gasteiger partial charge in [-0.25, -0.2) is 0 Å². The highest BCUT2D eigenvalue weighted by Gasteiger charge is 2.03. The molecule has 0 unspecified atom stereocenters. The molecule has 0 saturated carbocycles. The molecule has 0 saturated heterocycles. The summed E-state index contributed by atoms with van der Waals surface area (Å²) in [5, 5.41) is 0. The Bertz CT molecular complexity index is 228. The van der Waals surface area contributed by atoms with Gasteiger partial charge in [0.1, 0.15) is 0 Å². The normalized spacial score (nSPS) is 9.33. The molecular formula is C5H7N3O. The van der Waals surface area contributed by atoms with Crippen LogP contribution in [-0.4, -0.2) is 10.9 Å². The van der Waals surface area contributed by atoms with Gasteiger partial charge in [-0.3, -0.25) is 4.79 Å². The molecule has 1 amide bonds. The number of H-pyrrole nitrogens is 1. The fourth-order valence-electron chi connectivity index (χ4n) is 0.589. The summed E-state index contributed by atoms with van der Waals surface area (Å²) in [6.45, 7) is 0. The standard InChI is InChI=1S/C5H7N3O/c6-4-2-8-1-3(4)5(7)9/h1-2,8H,6H2,(H2,7,9). The maximum atomic E-state index is 10.4. The molecule has 0 spiro atoms. The van der Waals surface area contributed by atoms with Crippen LogP contribution < -0.4 is 11.5 Å². The number of carbonyl (C=O) groups is 1. The van der Waals surface area contributed by atoms with Gasteiger partial charge in [-0.05, 0) is 0 Å². The Morgan fingerprint density at radius 2 is 2.22 bits per heavy atom. The van der Waals surface area contributed by atoms with Crippen molar-refractivity contribution in [3.05, 3.63) is 18.0 Å². The number of aromatic nitrogens is 1. The van der Waals surface area contributed by atoms with E-state index in [4.69, 9.17) is 11.5 Å². The Morgan fingerprint density at radius 1 is 1.56 bits per heavy atom. The highest BCUT2D eigenvalue weighted by molar-refractivity contribution is 5.97. The van der Waals surface area contributed by atoms with Crippen molar-refractivity contribution in [1.29, 1.82) is 0 Å². The number of hydrogen-bond acceptors (Lipinski definition) is 2. The second-order valence-electron chi connectivity index (χ2n) is 1.69. The van der Waals surface area contributed by atoms with E-state index in [1.807, 2.05) is 0 Å². The number of nitrogen functional groups attached to an aromatic ring is 1. The van der Waals surface area contributed by atoms with E-state index in [0.717, 1.165) is 0 Å². The molecular weight excluding hydrogens is 118 g/mol. The zero-order valence-electron chi connectivity index (χ0n) is 4.72. The summed E-state index contributed by atoms with van der Waals surface area (Å²) in [7, 11) is 0. The van der Waals surface area contributed by atoms with E-state index in [0.29, 0.717) is 11.3 Å². The number of anilines is 1. The average Bonchev–Trinajstić information content (AvgIpc) is 2.13. The van der Waals surface area contributed by atoms with Crippen LogP contribution in [0.1, 0.15) is 10.4 Å². The van der Waals surface area contributed by atoms with E-state index in [9.17, 15) is 4.79 Å². The molecule has 1 aromatic rings. The first-order valence-electron chi connectivity index (χ1n) is 2.44. The summed E-state index contributed by atoms with van der Waals surface area (Å²) in [5.41, 5.74) is 11.0. The molecule has 0 fully saturated rings. The predicted molar refractivity (Wildman–Crippen MR) is 33.7 cm³/mol. The third kappa shape index (κ3) is 0.861. The number of rotatable bonds is 1. The fraction of sp³-hybridized carbons (Fsp3) is 0. The molecule has 0 radical (unpaired) electrons. The number of carbonyl (C=O) groups excluding carboxylic acids is 1. The molecule has 0 atom stereocenters. The van der Waals surface area contributed by atoms with Crippen LogP contribution >= 0.6 is 0 Å². The van der Waals surface area contributed by atoms with Crippen molar-refractivity contribution in [2.75, 3.05) is 5.73 Å². The summed E-state index contributed by atoms with van der Waals surface area (Å²) in [6, 6.07) is 0. The molecule has 1 aromatic heterocycles. The van der Waals surface area contributed by atoms with E-state index >= 15 is 0 Å². The lowest BCUT2D eigenvalue weighted by atomic mass is 10.3. The van der Waals surface area contributed by atoms with Gasteiger partial charge in [0, 0.05) is 12.4 Å². The first-order chi connectivity index (χ1) is 4.22. The van der Waals surface area contributed by atoms with Crippen molar-refractivity contribution >= 4 is 11.6 Å². The second-order valence-corrected chi connectivity index (χ2v) is 1.69.